The van der Waals surface area contributed by atoms with Crippen molar-refractivity contribution in [3.8, 4) is 5.88 Å². The van der Waals surface area contributed by atoms with Gasteiger partial charge >= 0.3 is 0 Å². The highest BCUT2D eigenvalue weighted by Gasteiger charge is 2.25. The fraction of sp³-hybridized carbons (Fsp3) is 0.367. The molecule has 39 heavy (non-hydrogen) atoms. The van der Waals surface area contributed by atoms with Crippen LogP contribution in [0.5, 0.6) is 5.88 Å². The van der Waals surface area contributed by atoms with E-state index < -0.39 is 0 Å². The number of carbonyl (C=O) groups is 1. The molecule has 6 rings (SSSR count). The van der Waals surface area contributed by atoms with E-state index in [-0.39, 0.29) is 11.9 Å². The lowest BCUT2D eigenvalue weighted by molar-refractivity contribution is -0.0591. The number of Topliss-reactive ketones (excluding diaryl/α,β-unsaturated/α-hetero) is 1. The summed E-state index contributed by atoms with van der Waals surface area (Å²) in [5.74, 6) is 1.77. The van der Waals surface area contributed by atoms with Crippen LogP contribution in [0.15, 0.2) is 48.5 Å². The lowest BCUT2D eigenvalue weighted by Crippen LogP contribution is -2.33. The molecule has 0 spiro atoms. The summed E-state index contributed by atoms with van der Waals surface area (Å²) in [6, 6.07) is 14.4. The number of benzene rings is 1. The lowest BCUT2D eigenvalue weighted by Gasteiger charge is -2.29. The quantitative estimate of drug-likeness (QED) is 0.208. The summed E-state index contributed by atoms with van der Waals surface area (Å²) in [5.41, 5.74) is 5.65. The Bertz CT molecular complexity index is 1560. The first kappa shape index (κ1) is 26.3. The molecule has 5 heterocycles. The molecule has 0 radical (unpaired) electrons. The van der Waals surface area contributed by atoms with Crippen LogP contribution in [-0.4, -0.2) is 51.0 Å². The monoisotopic (exact) mass is 560 g/mol. The molecule has 3 aromatic heterocycles. The van der Waals surface area contributed by atoms with Crippen LogP contribution in [0.1, 0.15) is 52.1 Å². The largest absolute Gasteiger partial charge is 0.473 e. The molecule has 1 aromatic carbocycles. The first-order chi connectivity index (χ1) is 18.9. The van der Waals surface area contributed by atoms with Gasteiger partial charge in [-0.05, 0) is 55.3 Å². The van der Waals surface area contributed by atoms with Gasteiger partial charge in [-0.2, -0.15) is 0 Å². The molecule has 2 aliphatic rings. The fourth-order valence-electron chi connectivity index (χ4n) is 5.05. The van der Waals surface area contributed by atoms with Gasteiger partial charge in [0.1, 0.15) is 17.3 Å². The van der Waals surface area contributed by atoms with E-state index in [0.29, 0.717) is 12.5 Å². The highest BCUT2D eigenvalue weighted by Crippen LogP contribution is 2.30. The van der Waals surface area contributed by atoms with E-state index in [1.54, 1.807) is 6.92 Å². The van der Waals surface area contributed by atoms with Gasteiger partial charge in [0.2, 0.25) is 5.88 Å². The number of thiophene rings is 1. The predicted molar refractivity (Wildman–Crippen MR) is 159 cm³/mol. The van der Waals surface area contributed by atoms with Crippen molar-refractivity contribution in [1.29, 1.82) is 0 Å². The highest BCUT2D eigenvalue weighted by molar-refractivity contribution is 7.27. The van der Waals surface area contributed by atoms with Crippen molar-refractivity contribution >= 4 is 47.6 Å². The number of pyridine rings is 1. The van der Waals surface area contributed by atoms with Crippen LogP contribution in [-0.2, 0) is 24.4 Å². The van der Waals surface area contributed by atoms with Gasteiger partial charge < -0.3 is 14.0 Å². The molecule has 9 heteroatoms. The molecule has 7 nitrogen and oxygen atoms in total. The molecule has 0 saturated carbocycles. The van der Waals surface area contributed by atoms with Crippen LogP contribution in [0.2, 0.25) is 0 Å². The Labute approximate surface area is 235 Å². The first-order valence-electron chi connectivity index (χ1n) is 13.4. The minimum Gasteiger partial charge on any atom is -0.473 e. The molecule has 1 fully saturated rings. The predicted octanol–water partition coefficient (Wildman–Crippen LogP) is 5.16. The SMILES string of the molecule is CC(=O)c1cc2c(nc(CN3CC=C(c4cccc(OCc5ccc(C)cc5P)n4)CC3)n2CC2CCO2)s1. The minimum atomic E-state index is 0.0898. The van der Waals surface area contributed by atoms with E-state index in [4.69, 9.17) is 19.4 Å². The van der Waals surface area contributed by atoms with E-state index in [1.807, 2.05) is 18.2 Å². The van der Waals surface area contributed by atoms with Gasteiger partial charge in [0.25, 0.3) is 0 Å². The van der Waals surface area contributed by atoms with Gasteiger partial charge in [0.15, 0.2) is 5.78 Å². The van der Waals surface area contributed by atoms with Crippen molar-refractivity contribution in [2.45, 2.75) is 52.5 Å². The maximum Gasteiger partial charge on any atom is 0.214 e. The van der Waals surface area contributed by atoms with Crippen molar-refractivity contribution in [2.24, 2.45) is 0 Å². The standard InChI is InChI=1S/C30H33N4O3PS/c1-19-6-7-22(26(38)14-19)18-37-29-5-3-4-24(31-29)21-8-11-33(12-9-21)17-28-32-30-25(15-27(39-30)20(2)35)34(28)16-23-10-13-36-23/h3-8,14-15,23H,9-13,16-18,38H2,1-2H3. The molecule has 0 N–H and O–H groups in total. The molecule has 2 unspecified atom stereocenters. The number of imidazole rings is 1. The summed E-state index contributed by atoms with van der Waals surface area (Å²) < 4.78 is 14.0. The molecular weight excluding hydrogens is 527 g/mol. The van der Waals surface area contributed by atoms with Crippen LogP contribution in [0.3, 0.4) is 0 Å². The van der Waals surface area contributed by atoms with Crippen molar-refractivity contribution < 1.29 is 14.3 Å². The average Bonchev–Trinajstić information content (AvgIpc) is 3.45. The third-order valence-corrected chi connectivity index (χ3v) is 9.10. The van der Waals surface area contributed by atoms with Crippen molar-refractivity contribution in [1.82, 2.24) is 19.4 Å². The molecule has 1 saturated heterocycles. The number of nitrogens with zero attached hydrogens (tertiary/aromatic N) is 4. The zero-order valence-corrected chi connectivity index (χ0v) is 24.3. The Morgan fingerprint density at radius 2 is 2.10 bits per heavy atom. The number of ketones is 1. The normalized spacial score (nSPS) is 17.7. The maximum atomic E-state index is 11.9. The number of hydrogen-bond donors (Lipinski definition) is 0. The van der Waals surface area contributed by atoms with Gasteiger partial charge in [0.05, 0.1) is 35.3 Å². The van der Waals surface area contributed by atoms with Gasteiger partial charge in [-0.15, -0.1) is 20.6 Å². The number of fused-ring (bicyclic) bond motifs is 1. The van der Waals surface area contributed by atoms with Crippen LogP contribution < -0.4 is 10.0 Å². The second kappa shape index (κ2) is 11.3. The zero-order chi connectivity index (χ0) is 26.9. The van der Waals surface area contributed by atoms with Gasteiger partial charge in [-0.25, -0.2) is 9.97 Å². The molecular formula is C30H33N4O3PS. The van der Waals surface area contributed by atoms with Crippen LogP contribution in [0.4, 0.5) is 0 Å². The van der Waals surface area contributed by atoms with Crippen molar-refractivity contribution in [2.75, 3.05) is 19.7 Å². The molecule has 2 atom stereocenters. The molecule has 0 aliphatic carbocycles. The third-order valence-electron chi connectivity index (χ3n) is 7.44. The van der Waals surface area contributed by atoms with Crippen LogP contribution in [0, 0.1) is 6.92 Å². The Morgan fingerprint density at radius 1 is 1.23 bits per heavy atom. The van der Waals surface area contributed by atoms with Crippen LogP contribution in [0.25, 0.3) is 15.9 Å². The minimum absolute atomic E-state index is 0.0898. The molecule has 4 aromatic rings. The Kier molecular flexibility index (Phi) is 7.63. The Balaban J connectivity index is 1.13. The summed E-state index contributed by atoms with van der Waals surface area (Å²) in [6.07, 6.45) is 4.48. The number of aromatic nitrogens is 3. The summed E-state index contributed by atoms with van der Waals surface area (Å²) in [4.78, 5) is 25.8. The first-order valence-corrected chi connectivity index (χ1v) is 14.8. The zero-order valence-electron chi connectivity index (χ0n) is 22.4. The van der Waals surface area contributed by atoms with Crippen molar-refractivity contribution in [3.05, 3.63) is 76.1 Å². The number of ether oxygens (including phenoxy) is 2. The molecule has 202 valence electrons. The number of carbonyl (C=O) groups excluding carboxylic acids is 1. The van der Waals surface area contributed by atoms with E-state index in [1.165, 1.54) is 22.5 Å². The molecule has 0 bridgehead atoms. The van der Waals surface area contributed by atoms with E-state index in [9.17, 15) is 4.79 Å². The van der Waals surface area contributed by atoms with Gasteiger partial charge in [0, 0.05) is 25.8 Å². The second-order valence-electron chi connectivity index (χ2n) is 10.3. The molecule has 2 aliphatic heterocycles. The Hall–Kier alpha value is -2.90. The van der Waals surface area contributed by atoms with E-state index in [0.717, 1.165) is 83.2 Å². The number of rotatable bonds is 9. The lowest BCUT2D eigenvalue weighted by atomic mass is 10.0. The van der Waals surface area contributed by atoms with E-state index >= 15 is 0 Å². The van der Waals surface area contributed by atoms with E-state index in [2.05, 4.69) is 56.0 Å². The number of hydrogen-bond acceptors (Lipinski definition) is 7. The summed E-state index contributed by atoms with van der Waals surface area (Å²) in [5, 5.41) is 1.15. The summed E-state index contributed by atoms with van der Waals surface area (Å²) in [7, 11) is 2.79. The third kappa shape index (κ3) is 5.85. The Morgan fingerprint density at radius 3 is 2.82 bits per heavy atom. The average molecular weight is 561 g/mol. The smallest absolute Gasteiger partial charge is 0.214 e. The fourth-order valence-corrected chi connectivity index (χ4v) is 6.44. The van der Waals surface area contributed by atoms with Crippen LogP contribution >= 0.6 is 20.6 Å². The molecule has 0 amide bonds. The van der Waals surface area contributed by atoms with Crippen molar-refractivity contribution in [3.63, 3.8) is 0 Å². The highest BCUT2D eigenvalue weighted by atomic mass is 32.1. The maximum absolute atomic E-state index is 11.9. The second-order valence-corrected chi connectivity index (χ2v) is 12.0. The number of aryl methyl sites for hydroxylation is 1. The topological polar surface area (TPSA) is 69.5 Å². The summed E-state index contributed by atoms with van der Waals surface area (Å²) >= 11 is 1.48. The summed E-state index contributed by atoms with van der Waals surface area (Å²) in [6.45, 7) is 8.33. The van der Waals surface area contributed by atoms with Gasteiger partial charge in [-0.1, -0.05) is 35.9 Å². The van der Waals surface area contributed by atoms with Gasteiger partial charge in [-0.3, -0.25) is 9.69 Å².